The van der Waals surface area contributed by atoms with Gasteiger partial charge in [0.15, 0.2) is 6.29 Å². The number of hydrogen-bond acceptors (Lipinski definition) is 4. The van der Waals surface area contributed by atoms with Gasteiger partial charge in [0.05, 0.1) is 19.3 Å². The summed E-state index contributed by atoms with van der Waals surface area (Å²) in [4.78, 5) is 2.51. The lowest BCUT2D eigenvalue weighted by Gasteiger charge is -2.30. The van der Waals surface area contributed by atoms with Crippen molar-refractivity contribution in [2.45, 2.75) is 44.1 Å². The first-order valence-corrected chi connectivity index (χ1v) is 7.48. The third-order valence-electron chi connectivity index (χ3n) is 5.50. The quantitative estimate of drug-likeness (QED) is 0.809. The molecule has 0 amide bonds. The molecular weight excluding hydrogens is 230 g/mol. The highest BCUT2D eigenvalue weighted by Gasteiger charge is 2.58. The van der Waals surface area contributed by atoms with Crippen molar-refractivity contribution in [3.63, 3.8) is 0 Å². The summed E-state index contributed by atoms with van der Waals surface area (Å²) >= 11 is 0. The Morgan fingerprint density at radius 2 is 1.94 bits per heavy atom. The normalized spacial score (nSPS) is 48.2. The van der Waals surface area contributed by atoms with E-state index in [2.05, 4.69) is 4.90 Å². The van der Waals surface area contributed by atoms with Crippen LogP contribution in [0.5, 0.6) is 0 Å². The first kappa shape index (κ1) is 11.6. The van der Waals surface area contributed by atoms with E-state index in [0.29, 0.717) is 12.0 Å². The predicted molar refractivity (Wildman–Crippen MR) is 66.0 cm³/mol. The Morgan fingerprint density at radius 1 is 1.11 bits per heavy atom. The van der Waals surface area contributed by atoms with Crippen LogP contribution in [0.2, 0.25) is 0 Å². The van der Waals surface area contributed by atoms with E-state index in [9.17, 15) is 5.11 Å². The van der Waals surface area contributed by atoms with Gasteiger partial charge in [0.1, 0.15) is 0 Å². The van der Waals surface area contributed by atoms with Gasteiger partial charge in [-0.3, -0.25) is 4.90 Å². The molecule has 18 heavy (non-hydrogen) atoms. The molecule has 4 aliphatic rings. The van der Waals surface area contributed by atoms with Gasteiger partial charge in [-0.15, -0.1) is 0 Å². The summed E-state index contributed by atoms with van der Waals surface area (Å²) in [6, 6.07) is 0.442. The van der Waals surface area contributed by atoms with Gasteiger partial charge in [0, 0.05) is 25.6 Å². The second-order valence-electron chi connectivity index (χ2n) is 6.44. The molecule has 5 unspecified atom stereocenters. The molecule has 2 heterocycles. The summed E-state index contributed by atoms with van der Waals surface area (Å²) in [7, 11) is 0. The van der Waals surface area contributed by atoms with Gasteiger partial charge in [-0.25, -0.2) is 0 Å². The Kier molecular flexibility index (Phi) is 2.87. The van der Waals surface area contributed by atoms with E-state index >= 15 is 0 Å². The monoisotopic (exact) mass is 253 g/mol. The van der Waals surface area contributed by atoms with Crippen LogP contribution in [0.1, 0.15) is 25.7 Å². The van der Waals surface area contributed by atoms with Crippen molar-refractivity contribution in [1.82, 2.24) is 4.90 Å². The Balaban J connectivity index is 1.35. The Hall–Kier alpha value is -0.160. The molecule has 4 fully saturated rings. The van der Waals surface area contributed by atoms with Gasteiger partial charge >= 0.3 is 0 Å². The van der Waals surface area contributed by atoms with Gasteiger partial charge in [-0.2, -0.15) is 0 Å². The molecule has 0 spiro atoms. The van der Waals surface area contributed by atoms with Crippen LogP contribution in [0.15, 0.2) is 0 Å². The minimum Gasteiger partial charge on any atom is -0.391 e. The standard InChI is InChI=1S/C14H23NO3/c16-14-9-6-10-8-15(13(14)11(10)7-9)3-2-12-17-4-1-5-18-12/h9-14,16H,1-8H2. The molecule has 2 saturated carbocycles. The van der Waals surface area contributed by atoms with E-state index in [1.54, 1.807) is 0 Å². The zero-order chi connectivity index (χ0) is 12.1. The van der Waals surface area contributed by atoms with Crippen LogP contribution in [-0.2, 0) is 9.47 Å². The van der Waals surface area contributed by atoms with E-state index < -0.39 is 0 Å². The highest BCUT2D eigenvalue weighted by Crippen LogP contribution is 2.54. The van der Waals surface area contributed by atoms with Crippen LogP contribution in [0, 0.1) is 17.8 Å². The third kappa shape index (κ3) is 1.73. The maximum absolute atomic E-state index is 10.3. The van der Waals surface area contributed by atoms with Crippen molar-refractivity contribution in [3.05, 3.63) is 0 Å². The van der Waals surface area contributed by atoms with E-state index in [-0.39, 0.29) is 12.4 Å². The van der Waals surface area contributed by atoms with Gasteiger partial charge < -0.3 is 14.6 Å². The van der Waals surface area contributed by atoms with Crippen LogP contribution in [0.4, 0.5) is 0 Å². The summed E-state index contributed by atoms with van der Waals surface area (Å²) in [5.74, 6) is 2.23. The van der Waals surface area contributed by atoms with Gasteiger partial charge in [-0.1, -0.05) is 0 Å². The van der Waals surface area contributed by atoms with Crippen molar-refractivity contribution in [1.29, 1.82) is 0 Å². The highest BCUT2D eigenvalue weighted by atomic mass is 16.7. The van der Waals surface area contributed by atoms with Crippen molar-refractivity contribution in [3.8, 4) is 0 Å². The molecule has 4 nitrogen and oxygen atoms in total. The minimum absolute atomic E-state index is 0.00801. The number of likely N-dealkylation sites (tertiary alicyclic amines) is 1. The van der Waals surface area contributed by atoms with Crippen LogP contribution >= 0.6 is 0 Å². The molecule has 0 aromatic rings. The molecule has 4 heteroatoms. The Morgan fingerprint density at radius 3 is 2.72 bits per heavy atom. The van der Waals surface area contributed by atoms with Gasteiger partial charge in [0.2, 0.25) is 0 Å². The number of aliphatic hydroxyl groups excluding tert-OH is 1. The van der Waals surface area contributed by atoms with Crippen LogP contribution in [0.3, 0.4) is 0 Å². The molecule has 2 aliphatic heterocycles. The number of ether oxygens (including phenoxy) is 2. The fourth-order valence-corrected chi connectivity index (χ4v) is 4.77. The number of fused-ring (bicyclic) bond motifs is 1. The predicted octanol–water partition coefficient (Wildman–Crippen LogP) is 0.841. The Labute approximate surface area is 108 Å². The molecular formula is C14H23NO3. The number of rotatable bonds is 3. The largest absolute Gasteiger partial charge is 0.391 e. The van der Waals surface area contributed by atoms with Crippen molar-refractivity contribution < 1.29 is 14.6 Å². The lowest BCUT2D eigenvalue weighted by Crippen LogP contribution is -2.42. The SMILES string of the molecule is OC1C2CC3CN(CCC4OCCCO4)C1C3C2. The summed E-state index contributed by atoms with van der Waals surface area (Å²) in [5, 5.41) is 10.3. The maximum atomic E-state index is 10.3. The topological polar surface area (TPSA) is 41.9 Å². The van der Waals surface area contributed by atoms with Crippen molar-refractivity contribution >= 4 is 0 Å². The molecule has 0 radical (unpaired) electrons. The average molecular weight is 253 g/mol. The highest BCUT2D eigenvalue weighted by molar-refractivity contribution is 5.10. The summed E-state index contributed by atoms with van der Waals surface area (Å²) < 4.78 is 11.2. The number of nitrogens with zero attached hydrogens (tertiary/aromatic N) is 1. The molecule has 0 aromatic heterocycles. The second-order valence-corrected chi connectivity index (χ2v) is 6.44. The van der Waals surface area contributed by atoms with E-state index in [4.69, 9.17) is 9.47 Å². The lowest BCUT2D eigenvalue weighted by atomic mass is 9.88. The maximum Gasteiger partial charge on any atom is 0.158 e. The number of hydrogen-bond donors (Lipinski definition) is 1. The lowest BCUT2D eigenvalue weighted by molar-refractivity contribution is -0.183. The molecule has 1 N–H and O–H groups in total. The number of aliphatic hydroxyl groups is 1. The molecule has 0 aromatic carbocycles. The van der Waals surface area contributed by atoms with Crippen molar-refractivity contribution in [2.75, 3.05) is 26.3 Å². The molecule has 4 rings (SSSR count). The van der Waals surface area contributed by atoms with Crippen molar-refractivity contribution in [2.24, 2.45) is 17.8 Å². The molecule has 5 atom stereocenters. The summed E-state index contributed by atoms with van der Waals surface area (Å²) in [5.41, 5.74) is 0. The average Bonchev–Trinajstić information content (AvgIpc) is 2.99. The van der Waals surface area contributed by atoms with Crippen LogP contribution in [-0.4, -0.2) is 54.7 Å². The van der Waals surface area contributed by atoms with E-state index in [1.807, 2.05) is 0 Å². The fourth-order valence-electron chi connectivity index (χ4n) is 4.77. The molecule has 2 saturated heterocycles. The molecule has 2 bridgehead atoms. The van der Waals surface area contributed by atoms with Crippen LogP contribution in [0.25, 0.3) is 0 Å². The molecule has 2 aliphatic carbocycles. The van der Waals surface area contributed by atoms with E-state index in [0.717, 1.165) is 44.4 Å². The first-order chi connectivity index (χ1) is 8.83. The zero-order valence-electron chi connectivity index (χ0n) is 10.8. The zero-order valence-corrected chi connectivity index (χ0v) is 10.8. The Bertz CT molecular complexity index is 316. The van der Waals surface area contributed by atoms with Gasteiger partial charge in [-0.05, 0) is 37.0 Å². The summed E-state index contributed by atoms with van der Waals surface area (Å²) in [6.07, 6.45) is 4.42. The van der Waals surface area contributed by atoms with Crippen LogP contribution < -0.4 is 0 Å². The fraction of sp³-hybridized carbons (Fsp3) is 1.00. The second kappa shape index (κ2) is 4.44. The van der Waals surface area contributed by atoms with E-state index in [1.165, 1.54) is 19.4 Å². The molecule has 102 valence electrons. The minimum atomic E-state index is -0.0676. The smallest absolute Gasteiger partial charge is 0.158 e. The first-order valence-electron chi connectivity index (χ1n) is 7.48. The third-order valence-corrected chi connectivity index (χ3v) is 5.50. The summed E-state index contributed by atoms with van der Waals surface area (Å²) in [6.45, 7) is 3.88. The van der Waals surface area contributed by atoms with Gasteiger partial charge in [0.25, 0.3) is 0 Å².